The van der Waals surface area contributed by atoms with Gasteiger partial charge in [0.05, 0.1) is 5.71 Å². The Balaban J connectivity index is 1.85. The smallest absolute Gasteiger partial charge is 0.136 e. The van der Waals surface area contributed by atoms with E-state index in [0.29, 0.717) is 12.0 Å². The van der Waals surface area contributed by atoms with Crippen molar-refractivity contribution in [3.8, 4) is 0 Å². The van der Waals surface area contributed by atoms with Crippen LogP contribution in [0.2, 0.25) is 5.02 Å². The van der Waals surface area contributed by atoms with Crippen molar-refractivity contribution in [2.24, 2.45) is 11.1 Å². The molecule has 3 rings (SSSR count). The van der Waals surface area contributed by atoms with Gasteiger partial charge in [-0.25, -0.2) is 0 Å². The third-order valence-electron chi connectivity index (χ3n) is 3.73. The quantitative estimate of drug-likeness (QED) is 0.737. The van der Waals surface area contributed by atoms with Gasteiger partial charge >= 0.3 is 0 Å². The molecule has 1 saturated carbocycles. The van der Waals surface area contributed by atoms with Gasteiger partial charge in [0.15, 0.2) is 0 Å². The second kappa shape index (κ2) is 4.69. The normalized spacial score (nSPS) is 27.9. The van der Waals surface area contributed by atoms with Crippen LogP contribution in [0.4, 0.5) is 0 Å². The van der Waals surface area contributed by atoms with Crippen molar-refractivity contribution in [1.82, 2.24) is 0 Å². The van der Waals surface area contributed by atoms with Crippen molar-refractivity contribution in [1.29, 1.82) is 0 Å². The summed E-state index contributed by atoms with van der Waals surface area (Å²) in [5, 5.41) is 5.06. The monoisotopic (exact) mass is 249 g/mol. The molecule has 0 spiro atoms. The van der Waals surface area contributed by atoms with Gasteiger partial charge in [0, 0.05) is 10.9 Å². The van der Waals surface area contributed by atoms with Crippen LogP contribution in [0.5, 0.6) is 0 Å². The first kappa shape index (κ1) is 11.1. The van der Waals surface area contributed by atoms with Crippen molar-refractivity contribution in [3.63, 3.8) is 0 Å². The first-order chi connectivity index (χ1) is 8.34. The van der Waals surface area contributed by atoms with Crippen LogP contribution in [0.3, 0.4) is 0 Å². The molecule has 0 saturated heterocycles. The topological polar surface area (TPSA) is 21.6 Å². The van der Waals surface area contributed by atoms with Gasteiger partial charge in [0.2, 0.25) is 0 Å². The lowest BCUT2D eigenvalue weighted by atomic mass is 9.89. The van der Waals surface area contributed by atoms with Crippen LogP contribution in [0.1, 0.15) is 37.7 Å². The van der Waals surface area contributed by atoms with Crippen LogP contribution in [0.15, 0.2) is 29.4 Å². The predicted molar refractivity (Wildman–Crippen MR) is 69.4 cm³/mol. The summed E-state index contributed by atoms with van der Waals surface area (Å²) >= 11 is 5.91. The Morgan fingerprint density at radius 2 is 1.82 bits per heavy atom. The maximum Gasteiger partial charge on any atom is 0.136 e. The molecule has 1 fully saturated rings. The molecule has 3 heteroatoms. The Morgan fingerprint density at radius 3 is 2.65 bits per heavy atom. The molecule has 2 nitrogen and oxygen atoms in total. The van der Waals surface area contributed by atoms with E-state index in [2.05, 4.69) is 5.16 Å². The highest BCUT2D eigenvalue weighted by Gasteiger charge is 2.35. The van der Waals surface area contributed by atoms with Crippen molar-refractivity contribution in [2.75, 3.05) is 0 Å². The lowest BCUT2D eigenvalue weighted by Crippen LogP contribution is -2.22. The zero-order valence-corrected chi connectivity index (χ0v) is 10.5. The van der Waals surface area contributed by atoms with E-state index in [0.717, 1.165) is 22.7 Å². The Hall–Kier alpha value is -1.02. The van der Waals surface area contributed by atoms with Crippen molar-refractivity contribution >= 4 is 17.3 Å². The summed E-state index contributed by atoms with van der Waals surface area (Å²) in [5.41, 5.74) is 2.28. The summed E-state index contributed by atoms with van der Waals surface area (Å²) in [4.78, 5) is 5.59. The van der Waals surface area contributed by atoms with Crippen LogP contribution in [0, 0.1) is 5.92 Å². The molecule has 90 valence electrons. The van der Waals surface area contributed by atoms with Gasteiger partial charge in [-0.1, -0.05) is 41.7 Å². The SMILES string of the molecule is Clc1ccc(C2=NO[C@@H]3CCCCC[C@@H]23)cc1. The molecule has 0 N–H and O–H groups in total. The molecule has 1 aliphatic carbocycles. The first-order valence-electron chi connectivity index (χ1n) is 6.34. The van der Waals surface area contributed by atoms with Gasteiger partial charge in [0.25, 0.3) is 0 Å². The molecule has 0 aromatic heterocycles. The maximum atomic E-state index is 5.91. The minimum Gasteiger partial charge on any atom is -0.392 e. The molecular weight excluding hydrogens is 234 g/mol. The fourth-order valence-corrected chi connectivity index (χ4v) is 2.92. The highest BCUT2D eigenvalue weighted by Crippen LogP contribution is 2.33. The zero-order chi connectivity index (χ0) is 11.7. The predicted octanol–water partition coefficient (Wildman–Crippen LogP) is 4.02. The van der Waals surface area contributed by atoms with Crippen LogP contribution in [-0.4, -0.2) is 11.8 Å². The summed E-state index contributed by atoms with van der Waals surface area (Å²) in [6.07, 6.45) is 6.53. The van der Waals surface area contributed by atoms with Crippen molar-refractivity contribution < 1.29 is 4.84 Å². The number of hydrogen-bond donors (Lipinski definition) is 0. The minimum atomic E-state index is 0.308. The molecule has 2 aliphatic rings. The lowest BCUT2D eigenvalue weighted by Gasteiger charge is -2.15. The summed E-state index contributed by atoms with van der Waals surface area (Å²) in [6.45, 7) is 0. The van der Waals surface area contributed by atoms with E-state index in [-0.39, 0.29) is 0 Å². The third-order valence-corrected chi connectivity index (χ3v) is 3.98. The van der Waals surface area contributed by atoms with E-state index in [9.17, 15) is 0 Å². The Morgan fingerprint density at radius 1 is 1.06 bits per heavy atom. The van der Waals surface area contributed by atoms with Crippen molar-refractivity contribution in [2.45, 2.75) is 38.2 Å². The average Bonchev–Trinajstić information content (AvgIpc) is 2.60. The van der Waals surface area contributed by atoms with Gasteiger partial charge in [-0.05, 0) is 37.0 Å². The molecule has 0 amide bonds. The fourth-order valence-electron chi connectivity index (χ4n) is 2.79. The van der Waals surface area contributed by atoms with E-state index in [4.69, 9.17) is 16.4 Å². The number of benzene rings is 1. The molecule has 1 aliphatic heterocycles. The molecule has 1 aromatic rings. The van der Waals surface area contributed by atoms with Crippen LogP contribution in [0.25, 0.3) is 0 Å². The summed E-state index contributed by atoms with van der Waals surface area (Å²) in [5.74, 6) is 0.485. The van der Waals surface area contributed by atoms with Crippen LogP contribution in [-0.2, 0) is 4.84 Å². The van der Waals surface area contributed by atoms with Gasteiger partial charge in [0.1, 0.15) is 6.10 Å². The minimum absolute atomic E-state index is 0.308. The van der Waals surface area contributed by atoms with Gasteiger partial charge in [-0.2, -0.15) is 0 Å². The van der Waals surface area contributed by atoms with Crippen LogP contribution < -0.4 is 0 Å². The average molecular weight is 250 g/mol. The first-order valence-corrected chi connectivity index (χ1v) is 6.72. The second-order valence-electron chi connectivity index (χ2n) is 4.87. The standard InChI is InChI=1S/C14H16ClNO/c15-11-8-6-10(7-9-11)14-12-4-2-1-3-5-13(12)17-16-14/h6-9,12-13H,1-5H2/t12-,13-/m1/s1. The Bertz CT molecular complexity index is 426. The molecule has 0 radical (unpaired) electrons. The molecule has 1 aromatic carbocycles. The molecule has 2 atom stereocenters. The van der Waals surface area contributed by atoms with E-state index in [1.54, 1.807) is 0 Å². The van der Waals surface area contributed by atoms with E-state index < -0.39 is 0 Å². The summed E-state index contributed by atoms with van der Waals surface area (Å²) in [7, 11) is 0. The number of rotatable bonds is 1. The molecule has 1 heterocycles. The molecule has 0 bridgehead atoms. The van der Waals surface area contributed by atoms with Gasteiger partial charge in [-0.3, -0.25) is 0 Å². The highest BCUT2D eigenvalue weighted by molar-refractivity contribution is 6.30. The van der Waals surface area contributed by atoms with E-state index in [1.165, 1.54) is 25.7 Å². The molecule has 17 heavy (non-hydrogen) atoms. The Labute approximate surface area is 107 Å². The highest BCUT2D eigenvalue weighted by atomic mass is 35.5. The molecule has 0 unspecified atom stereocenters. The molecular formula is C14H16ClNO. The van der Waals surface area contributed by atoms with Crippen molar-refractivity contribution in [3.05, 3.63) is 34.9 Å². The second-order valence-corrected chi connectivity index (χ2v) is 5.31. The lowest BCUT2D eigenvalue weighted by molar-refractivity contribution is 0.0571. The van der Waals surface area contributed by atoms with Crippen LogP contribution >= 0.6 is 11.6 Å². The van der Waals surface area contributed by atoms with E-state index in [1.807, 2.05) is 24.3 Å². The summed E-state index contributed by atoms with van der Waals surface area (Å²) < 4.78 is 0. The van der Waals surface area contributed by atoms with E-state index >= 15 is 0 Å². The zero-order valence-electron chi connectivity index (χ0n) is 9.73. The number of fused-ring (bicyclic) bond motifs is 1. The number of halogens is 1. The number of nitrogens with zero attached hydrogens (tertiary/aromatic N) is 1. The third kappa shape index (κ3) is 2.19. The fraction of sp³-hybridized carbons (Fsp3) is 0.500. The van der Waals surface area contributed by atoms with Gasteiger partial charge in [-0.15, -0.1) is 0 Å². The maximum absolute atomic E-state index is 5.91. The number of hydrogen-bond acceptors (Lipinski definition) is 2. The summed E-state index contributed by atoms with van der Waals surface area (Å²) in [6, 6.07) is 7.92. The Kier molecular flexibility index (Phi) is 3.06. The number of oxime groups is 1. The largest absolute Gasteiger partial charge is 0.392 e. The van der Waals surface area contributed by atoms with Gasteiger partial charge < -0.3 is 4.84 Å².